The number of Topliss-reactive ketones (excluding diaryl/α,β-unsaturated/α-hetero) is 2. The second-order valence-corrected chi connectivity index (χ2v) is 46.5. The maximum absolute atomic E-state index is 13.4. The van der Waals surface area contributed by atoms with Crippen molar-refractivity contribution in [3.8, 4) is 22.3 Å². The molecule has 0 amide bonds. The molecule has 0 saturated carbocycles. The molecule has 5 heteroatoms. The van der Waals surface area contributed by atoms with Crippen molar-refractivity contribution in [3.63, 3.8) is 0 Å². The van der Waals surface area contributed by atoms with Gasteiger partial charge in [0.1, 0.15) is 0 Å². The summed E-state index contributed by atoms with van der Waals surface area (Å²) in [5.74, 6) is 0.266. The molecule has 0 radical (unpaired) electrons. The van der Waals surface area contributed by atoms with Crippen LogP contribution in [0.2, 0.25) is 7.93 Å². The number of benzene rings is 4. The van der Waals surface area contributed by atoms with E-state index in [1.807, 2.05) is 98.8 Å². The van der Waals surface area contributed by atoms with Gasteiger partial charge in [-0.25, -0.2) is 0 Å². The number of carbonyl (C=O) groups is 2. The van der Waals surface area contributed by atoms with Crippen LogP contribution in [0.5, 0.6) is 0 Å². The number of ketones is 2. The first kappa shape index (κ1) is 26.5. The summed E-state index contributed by atoms with van der Waals surface area (Å²) in [5.41, 5.74) is 5.88. The Labute approximate surface area is 230 Å². The monoisotopic (exact) mass is 802 g/mol. The summed E-state index contributed by atoms with van der Waals surface area (Å²) >= 11 is 4.96. The summed E-state index contributed by atoms with van der Waals surface area (Å²) in [5, 5.41) is 0. The van der Waals surface area contributed by atoms with Crippen LogP contribution in [0.3, 0.4) is 0 Å². The second kappa shape index (κ2) is 11.7. The molecule has 4 aromatic carbocycles. The molecule has 0 aliphatic rings. The van der Waals surface area contributed by atoms with Gasteiger partial charge in [0, 0.05) is 0 Å². The summed E-state index contributed by atoms with van der Waals surface area (Å²) in [6, 6.07) is 36.0. The third-order valence-corrected chi connectivity index (χ3v) is 33.3. The van der Waals surface area contributed by atoms with E-state index < -0.39 is 10.3 Å². The molecule has 0 aliphatic heterocycles. The van der Waals surface area contributed by atoms with E-state index in [0.29, 0.717) is 11.1 Å². The Hall–Kier alpha value is -1.53. The molecule has 0 aliphatic carbocycles. The average molecular weight is 800 g/mol. The van der Waals surface area contributed by atoms with Crippen molar-refractivity contribution in [1.82, 2.24) is 0 Å². The normalized spacial score (nSPS) is 13.6. The fraction of sp³-hybridized carbons (Fsp3) is 0.133. The molecular weight excluding hydrogens is 774 g/mol. The number of halogens is 2. The molecule has 178 valence electrons. The summed E-state index contributed by atoms with van der Waals surface area (Å²) in [6.45, 7) is 4.02. The van der Waals surface area contributed by atoms with Crippen molar-refractivity contribution in [2.45, 2.75) is 21.8 Å². The Bertz CT molecular complexity index is 1200. The topological polar surface area (TPSA) is 34.1 Å². The van der Waals surface area contributed by atoms with Crippen molar-refractivity contribution in [2.24, 2.45) is 0 Å². The standard InChI is InChI=1S/C30H26I2O2Te/c1-21(29(33)27-17-13-25(14-18-27)23-9-5-3-6-10-23)35(31,32)22(2)30(34)28-19-15-26(16-20-28)24-11-7-4-8-12-24/h3-22H,1-2H3. The van der Waals surface area contributed by atoms with Gasteiger partial charge in [-0.3, -0.25) is 0 Å². The Morgan fingerprint density at radius 3 is 1.11 bits per heavy atom. The molecule has 0 heterocycles. The fourth-order valence-corrected chi connectivity index (χ4v) is 14.3. The molecule has 2 atom stereocenters. The van der Waals surface area contributed by atoms with Crippen LogP contribution in [-0.2, 0) is 0 Å². The van der Waals surface area contributed by atoms with E-state index in [2.05, 4.69) is 61.7 Å². The Balaban J connectivity index is 1.48. The third-order valence-electron chi connectivity index (χ3n) is 6.23. The van der Waals surface area contributed by atoms with Gasteiger partial charge in [0.2, 0.25) is 0 Å². The van der Waals surface area contributed by atoms with E-state index >= 15 is 0 Å². The van der Waals surface area contributed by atoms with Gasteiger partial charge in [0.15, 0.2) is 0 Å². The van der Waals surface area contributed by atoms with Gasteiger partial charge in [0.25, 0.3) is 0 Å². The van der Waals surface area contributed by atoms with E-state index in [4.69, 9.17) is 0 Å². The quantitative estimate of drug-likeness (QED) is 0.101. The molecule has 0 saturated heterocycles. The van der Waals surface area contributed by atoms with Gasteiger partial charge in [0.05, 0.1) is 0 Å². The van der Waals surface area contributed by atoms with Crippen LogP contribution in [0.1, 0.15) is 34.6 Å². The number of rotatable bonds is 8. The van der Waals surface area contributed by atoms with Gasteiger partial charge < -0.3 is 0 Å². The molecule has 2 unspecified atom stereocenters. The van der Waals surface area contributed by atoms with Crippen LogP contribution < -0.4 is 0 Å². The van der Waals surface area contributed by atoms with Crippen LogP contribution >= 0.6 is 37.4 Å². The minimum atomic E-state index is -2.96. The summed E-state index contributed by atoms with van der Waals surface area (Å²) < 4.78 is -0.298. The van der Waals surface area contributed by atoms with Crippen LogP contribution in [0.15, 0.2) is 109 Å². The maximum atomic E-state index is 13.4. The number of carbonyl (C=O) groups excluding carboxylic acids is 2. The van der Waals surface area contributed by atoms with Gasteiger partial charge in [-0.1, -0.05) is 0 Å². The molecule has 0 N–H and O–H groups in total. The molecular formula is C30H26I2O2Te. The third kappa shape index (κ3) is 6.07. The van der Waals surface area contributed by atoms with Crippen molar-refractivity contribution in [1.29, 1.82) is 0 Å². The van der Waals surface area contributed by atoms with E-state index in [1.54, 1.807) is 0 Å². The van der Waals surface area contributed by atoms with Crippen molar-refractivity contribution < 1.29 is 9.59 Å². The summed E-state index contributed by atoms with van der Waals surface area (Å²) in [6.07, 6.45) is 0. The first-order valence-electron chi connectivity index (χ1n) is 11.4. The number of hydrogen-bond acceptors (Lipinski definition) is 2. The van der Waals surface area contributed by atoms with Crippen molar-refractivity contribution in [3.05, 3.63) is 120 Å². The van der Waals surface area contributed by atoms with E-state index in [0.717, 1.165) is 22.3 Å². The van der Waals surface area contributed by atoms with Crippen LogP contribution in [0.25, 0.3) is 22.3 Å². The zero-order valence-corrected chi connectivity index (χ0v) is 26.2. The SMILES string of the molecule is CC(C(=O)c1ccc(-c2ccccc2)cc1)[Te](I)(I)C(C)C(=O)c1ccc(-c2ccccc2)cc1. The van der Waals surface area contributed by atoms with Crippen LogP contribution in [0.4, 0.5) is 0 Å². The molecule has 0 fully saturated rings. The zero-order valence-electron chi connectivity index (χ0n) is 19.5. The molecule has 4 rings (SSSR count). The zero-order chi connectivity index (χ0) is 25.0. The average Bonchev–Trinajstić information content (AvgIpc) is 2.92. The first-order chi connectivity index (χ1) is 16.8. The molecule has 4 aromatic rings. The second-order valence-electron chi connectivity index (χ2n) is 8.45. The fourth-order valence-electron chi connectivity index (χ4n) is 3.98. The van der Waals surface area contributed by atoms with Gasteiger partial charge in [-0.15, -0.1) is 0 Å². The molecule has 2 nitrogen and oxygen atoms in total. The van der Waals surface area contributed by atoms with Crippen molar-refractivity contribution >= 4 is 59.2 Å². The van der Waals surface area contributed by atoms with E-state index in [9.17, 15) is 9.59 Å². The summed E-state index contributed by atoms with van der Waals surface area (Å²) in [7, 11) is -2.96. The van der Waals surface area contributed by atoms with Gasteiger partial charge >= 0.3 is 233 Å². The predicted molar refractivity (Wildman–Crippen MR) is 165 cm³/mol. The molecule has 35 heavy (non-hydrogen) atoms. The van der Waals surface area contributed by atoms with Crippen molar-refractivity contribution in [2.75, 3.05) is 0 Å². The summed E-state index contributed by atoms with van der Waals surface area (Å²) in [4.78, 5) is 26.9. The van der Waals surface area contributed by atoms with Gasteiger partial charge in [-0.05, 0) is 0 Å². The van der Waals surface area contributed by atoms with E-state index in [-0.39, 0.29) is 19.5 Å². The predicted octanol–water partition coefficient (Wildman–Crippen LogP) is 9.18. The van der Waals surface area contributed by atoms with Crippen LogP contribution in [-0.4, -0.2) is 21.9 Å². The molecule has 0 bridgehead atoms. The molecule has 0 aromatic heterocycles. The van der Waals surface area contributed by atoms with E-state index in [1.165, 1.54) is 0 Å². The number of hydrogen-bond donors (Lipinski definition) is 0. The molecule has 0 spiro atoms. The Morgan fingerprint density at radius 1 is 0.514 bits per heavy atom. The Morgan fingerprint density at radius 2 is 0.800 bits per heavy atom. The van der Waals surface area contributed by atoms with Gasteiger partial charge in [-0.2, -0.15) is 0 Å². The first-order valence-corrected chi connectivity index (χ1v) is 27.7. The van der Waals surface area contributed by atoms with Crippen LogP contribution in [0, 0.1) is 0 Å². The minimum absolute atomic E-state index is 0.133. The Kier molecular flexibility index (Phi) is 8.85.